The zero-order chi connectivity index (χ0) is 20.6. The van der Waals surface area contributed by atoms with E-state index in [1.54, 1.807) is 24.3 Å². The van der Waals surface area contributed by atoms with Gasteiger partial charge in [-0.25, -0.2) is 18.9 Å². The number of nitrogens with zero attached hydrogens (tertiary/aromatic N) is 2. The van der Waals surface area contributed by atoms with Gasteiger partial charge in [-0.1, -0.05) is 12.8 Å². The molecule has 3 N–H and O–H groups in total. The number of benzene rings is 1. The Hall–Kier alpha value is -2.15. The van der Waals surface area contributed by atoms with Crippen molar-refractivity contribution in [2.75, 3.05) is 18.1 Å². The quantitative estimate of drug-likeness (QED) is 0.675. The average molecular weight is 418 g/mol. The van der Waals surface area contributed by atoms with Gasteiger partial charge < -0.3 is 10.6 Å². The summed E-state index contributed by atoms with van der Waals surface area (Å²) in [5.74, 6) is -0.305. The second-order valence-electron chi connectivity index (χ2n) is 8.22. The molecule has 1 saturated carbocycles. The Morgan fingerprint density at radius 3 is 2.55 bits per heavy atom. The minimum absolute atomic E-state index is 0.00539. The maximum absolute atomic E-state index is 12.7. The Balaban J connectivity index is 1.56. The first-order valence-electron chi connectivity index (χ1n) is 10.2. The maximum atomic E-state index is 12.7. The first-order chi connectivity index (χ1) is 13.9. The topological polar surface area (TPSA) is 114 Å². The number of anilines is 1. The number of hydrogen-bond acceptors (Lipinski definition) is 7. The molecule has 1 aromatic rings. The predicted octanol–water partition coefficient (Wildman–Crippen LogP) is 1.24. The molecule has 3 fully saturated rings. The van der Waals surface area contributed by atoms with E-state index in [0.717, 1.165) is 37.8 Å². The lowest BCUT2D eigenvalue weighted by Gasteiger charge is -2.39. The van der Waals surface area contributed by atoms with Gasteiger partial charge in [-0.2, -0.15) is 5.26 Å². The van der Waals surface area contributed by atoms with E-state index in [9.17, 15) is 18.5 Å². The van der Waals surface area contributed by atoms with Crippen molar-refractivity contribution in [3.63, 3.8) is 0 Å². The standard InChI is InChI=1S/C20H27N5O3S/c1-29(27,28)15-8-6-14(7-9-15)23-19-18-17(10-11-22-20(18)26)25(24-19)16-5-3-2-4-13(16)12-21/h6-9,13,16-19,23-24H,2-5,10-11H2,1H3,(H,22,26)/t13-,16+,17?,18?,19?/m1/s1. The van der Waals surface area contributed by atoms with Gasteiger partial charge in [0.2, 0.25) is 5.91 Å². The highest BCUT2D eigenvalue weighted by atomic mass is 32.2. The Labute approximate surface area is 171 Å². The number of nitrogens with one attached hydrogen (secondary N) is 3. The number of hydrazine groups is 1. The Morgan fingerprint density at radius 2 is 1.86 bits per heavy atom. The van der Waals surface area contributed by atoms with Crippen LogP contribution in [-0.2, 0) is 14.6 Å². The molecular formula is C20H27N5O3S. The molecule has 8 nitrogen and oxygen atoms in total. The lowest BCUT2D eigenvalue weighted by atomic mass is 9.83. The third-order valence-corrected chi connectivity index (χ3v) is 7.45. The minimum Gasteiger partial charge on any atom is -0.368 e. The van der Waals surface area contributed by atoms with Crippen LogP contribution in [0.3, 0.4) is 0 Å². The predicted molar refractivity (Wildman–Crippen MR) is 108 cm³/mol. The number of rotatable bonds is 4. The van der Waals surface area contributed by atoms with Crippen LogP contribution in [0.2, 0.25) is 0 Å². The van der Waals surface area contributed by atoms with E-state index in [4.69, 9.17) is 0 Å². The largest absolute Gasteiger partial charge is 0.368 e. The van der Waals surface area contributed by atoms with Crippen LogP contribution in [0.15, 0.2) is 29.2 Å². The number of sulfone groups is 1. The van der Waals surface area contributed by atoms with Crippen molar-refractivity contribution in [1.82, 2.24) is 15.8 Å². The molecule has 1 aliphatic carbocycles. The molecule has 0 aromatic heterocycles. The molecule has 2 saturated heterocycles. The van der Waals surface area contributed by atoms with Crippen molar-refractivity contribution in [3.05, 3.63) is 24.3 Å². The molecule has 4 rings (SSSR count). The fourth-order valence-corrected chi connectivity index (χ4v) is 5.50. The van der Waals surface area contributed by atoms with Gasteiger partial charge in [-0.15, -0.1) is 0 Å². The second-order valence-corrected chi connectivity index (χ2v) is 10.2. The summed E-state index contributed by atoms with van der Waals surface area (Å²) < 4.78 is 23.4. The summed E-state index contributed by atoms with van der Waals surface area (Å²) in [6.45, 7) is 0.637. The number of nitriles is 1. The van der Waals surface area contributed by atoms with Crippen LogP contribution in [0.1, 0.15) is 32.1 Å². The monoisotopic (exact) mass is 417 g/mol. The van der Waals surface area contributed by atoms with Gasteiger partial charge in [0.15, 0.2) is 9.84 Å². The maximum Gasteiger partial charge on any atom is 0.228 e. The van der Waals surface area contributed by atoms with E-state index in [2.05, 4.69) is 27.1 Å². The number of carbonyl (C=O) groups excluding carboxylic acids is 1. The number of carbonyl (C=O) groups is 1. The summed E-state index contributed by atoms with van der Waals surface area (Å²) in [7, 11) is -3.25. The molecule has 0 spiro atoms. The summed E-state index contributed by atoms with van der Waals surface area (Å²) in [4.78, 5) is 12.9. The molecule has 2 heterocycles. The summed E-state index contributed by atoms with van der Waals surface area (Å²) in [6, 6.07) is 9.17. The van der Waals surface area contributed by atoms with Gasteiger partial charge in [0, 0.05) is 30.6 Å². The van der Waals surface area contributed by atoms with Crippen LogP contribution >= 0.6 is 0 Å². The van der Waals surface area contributed by atoms with Crippen LogP contribution in [0.4, 0.5) is 5.69 Å². The van der Waals surface area contributed by atoms with Gasteiger partial charge in [0.1, 0.15) is 6.17 Å². The normalized spacial score (nSPS) is 32.8. The van der Waals surface area contributed by atoms with E-state index in [-0.39, 0.29) is 40.9 Å². The molecule has 5 atom stereocenters. The molecule has 1 amide bonds. The highest BCUT2D eigenvalue weighted by Gasteiger charge is 2.51. The van der Waals surface area contributed by atoms with E-state index in [0.29, 0.717) is 6.54 Å². The third-order valence-electron chi connectivity index (χ3n) is 6.32. The van der Waals surface area contributed by atoms with Crippen molar-refractivity contribution in [2.24, 2.45) is 11.8 Å². The number of amides is 1. The number of hydrogen-bond donors (Lipinski definition) is 3. The van der Waals surface area contributed by atoms with Crippen LogP contribution in [-0.4, -0.2) is 50.4 Å². The summed E-state index contributed by atoms with van der Waals surface area (Å²) >= 11 is 0. The third kappa shape index (κ3) is 3.97. The molecule has 2 aliphatic heterocycles. The molecule has 156 valence electrons. The van der Waals surface area contributed by atoms with Gasteiger partial charge in [-0.05, 0) is 43.5 Å². The number of piperidine rings is 1. The molecule has 1 aromatic carbocycles. The van der Waals surface area contributed by atoms with Crippen molar-refractivity contribution in [3.8, 4) is 6.07 Å². The van der Waals surface area contributed by atoms with Gasteiger partial charge in [0.05, 0.1) is 22.8 Å². The Kier molecular flexibility index (Phi) is 5.51. The van der Waals surface area contributed by atoms with Crippen molar-refractivity contribution >= 4 is 21.4 Å². The Bertz CT molecular complexity index is 911. The van der Waals surface area contributed by atoms with Crippen LogP contribution in [0.5, 0.6) is 0 Å². The molecule has 9 heteroatoms. The van der Waals surface area contributed by atoms with Crippen LogP contribution in [0.25, 0.3) is 0 Å². The fraction of sp³-hybridized carbons (Fsp3) is 0.600. The first-order valence-corrected chi connectivity index (χ1v) is 12.1. The summed E-state index contributed by atoms with van der Waals surface area (Å²) in [5, 5.41) is 18.1. The molecule has 0 radical (unpaired) electrons. The second kappa shape index (κ2) is 7.94. The zero-order valence-electron chi connectivity index (χ0n) is 16.5. The Morgan fingerprint density at radius 1 is 1.14 bits per heavy atom. The van der Waals surface area contributed by atoms with Crippen molar-refractivity contribution in [1.29, 1.82) is 5.26 Å². The zero-order valence-corrected chi connectivity index (χ0v) is 17.3. The van der Waals surface area contributed by atoms with E-state index < -0.39 is 9.84 Å². The summed E-state index contributed by atoms with van der Waals surface area (Å²) in [5.41, 5.74) is 4.23. The van der Waals surface area contributed by atoms with Gasteiger partial charge in [0.25, 0.3) is 0 Å². The van der Waals surface area contributed by atoms with Gasteiger partial charge >= 0.3 is 0 Å². The van der Waals surface area contributed by atoms with E-state index in [1.807, 2.05) is 0 Å². The van der Waals surface area contributed by atoms with Crippen LogP contribution in [0, 0.1) is 23.2 Å². The molecule has 29 heavy (non-hydrogen) atoms. The smallest absolute Gasteiger partial charge is 0.228 e. The SMILES string of the molecule is CS(=O)(=O)c1ccc(NC2NN([C@H]3CCCC[C@@H]3C#N)C3CCNC(=O)C23)cc1. The lowest BCUT2D eigenvalue weighted by molar-refractivity contribution is -0.128. The molecule has 0 bridgehead atoms. The van der Waals surface area contributed by atoms with Crippen LogP contribution < -0.4 is 16.1 Å². The van der Waals surface area contributed by atoms with E-state index >= 15 is 0 Å². The number of fused-ring (bicyclic) bond motifs is 1. The highest BCUT2D eigenvalue weighted by molar-refractivity contribution is 7.90. The average Bonchev–Trinajstić information content (AvgIpc) is 3.07. The van der Waals surface area contributed by atoms with Gasteiger partial charge in [-0.3, -0.25) is 4.79 Å². The fourth-order valence-electron chi connectivity index (χ4n) is 4.87. The van der Waals surface area contributed by atoms with Crippen molar-refractivity contribution in [2.45, 2.75) is 55.2 Å². The molecule has 3 aliphatic rings. The van der Waals surface area contributed by atoms with Crippen molar-refractivity contribution < 1.29 is 13.2 Å². The first kappa shape index (κ1) is 20.1. The molecule has 3 unspecified atom stereocenters. The van der Waals surface area contributed by atoms with E-state index in [1.165, 1.54) is 6.26 Å². The minimum atomic E-state index is -3.25. The summed E-state index contributed by atoms with van der Waals surface area (Å²) in [6.07, 6.45) is 5.72. The lowest BCUT2D eigenvalue weighted by Crippen LogP contribution is -2.54. The highest BCUT2D eigenvalue weighted by Crippen LogP contribution is 2.36. The molecular weight excluding hydrogens is 390 g/mol.